The number of esters is 1. The van der Waals surface area contributed by atoms with E-state index in [1.54, 1.807) is 31.8 Å². The zero-order valence-electron chi connectivity index (χ0n) is 11.2. The molecule has 1 N–H and O–H groups in total. The molecule has 1 rings (SSSR count). The van der Waals surface area contributed by atoms with Crippen LogP contribution in [-0.4, -0.2) is 34.3 Å². The third kappa shape index (κ3) is 3.32. The number of carbonyl (C=O) groups is 2. The second-order valence-electron chi connectivity index (χ2n) is 3.96. The van der Waals surface area contributed by atoms with Crippen molar-refractivity contribution < 1.29 is 14.3 Å². The Bertz CT molecular complexity index is 440. The summed E-state index contributed by atoms with van der Waals surface area (Å²) < 4.78 is 6.41. The van der Waals surface area contributed by atoms with Crippen molar-refractivity contribution in [1.29, 1.82) is 0 Å². The average Bonchev–Trinajstić information content (AvgIpc) is 2.70. The Balaban J connectivity index is 2.73. The van der Waals surface area contributed by atoms with Gasteiger partial charge in [-0.25, -0.2) is 4.79 Å². The summed E-state index contributed by atoms with van der Waals surface area (Å²) >= 11 is 0. The van der Waals surface area contributed by atoms with E-state index in [1.165, 1.54) is 0 Å². The SMILES string of the molecule is CCOC(=O)C(C)NC(=O)c1cn(C)nc1CC. The van der Waals surface area contributed by atoms with Crippen LogP contribution < -0.4 is 5.32 Å². The van der Waals surface area contributed by atoms with Crippen molar-refractivity contribution in [3.63, 3.8) is 0 Å². The molecule has 0 aliphatic carbocycles. The molecule has 1 aromatic rings. The van der Waals surface area contributed by atoms with Crippen molar-refractivity contribution in [1.82, 2.24) is 15.1 Å². The van der Waals surface area contributed by atoms with Gasteiger partial charge in [-0.2, -0.15) is 5.10 Å². The molecule has 100 valence electrons. The van der Waals surface area contributed by atoms with E-state index in [0.717, 1.165) is 0 Å². The molecule has 0 aromatic carbocycles. The van der Waals surface area contributed by atoms with Crippen molar-refractivity contribution in [2.24, 2.45) is 7.05 Å². The lowest BCUT2D eigenvalue weighted by Gasteiger charge is -2.12. The largest absolute Gasteiger partial charge is 0.464 e. The highest BCUT2D eigenvalue weighted by atomic mass is 16.5. The first kappa shape index (κ1) is 14.2. The lowest BCUT2D eigenvalue weighted by atomic mass is 10.2. The second-order valence-corrected chi connectivity index (χ2v) is 3.96. The molecule has 6 nitrogen and oxygen atoms in total. The van der Waals surface area contributed by atoms with E-state index in [-0.39, 0.29) is 5.91 Å². The highest BCUT2D eigenvalue weighted by Crippen LogP contribution is 2.07. The van der Waals surface area contributed by atoms with E-state index in [4.69, 9.17) is 4.74 Å². The lowest BCUT2D eigenvalue weighted by Crippen LogP contribution is -2.39. The number of ether oxygens (including phenoxy) is 1. The van der Waals surface area contributed by atoms with Gasteiger partial charge in [-0.3, -0.25) is 9.48 Å². The first-order chi connectivity index (χ1) is 8.49. The maximum Gasteiger partial charge on any atom is 0.328 e. The van der Waals surface area contributed by atoms with Crippen molar-refractivity contribution >= 4 is 11.9 Å². The van der Waals surface area contributed by atoms with Gasteiger partial charge in [0.05, 0.1) is 17.9 Å². The molecule has 18 heavy (non-hydrogen) atoms. The molecule has 0 saturated carbocycles. The van der Waals surface area contributed by atoms with Gasteiger partial charge in [-0.1, -0.05) is 6.92 Å². The predicted molar refractivity (Wildman–Crippen MR) is 66.1 cm³/mol. The van der Waals surface area contributed by atoms with Crippen LogP contribution in [0.4, 0.5) is 0 Å². The third-order valence-corrected chi connectivity index (χ3v) is 2.47. The number of nitrogens with zero attached hydrogens (tertiary/aromatic N) is 2. The molecule has 0 fully saturated rings. The number of nitrogens with one attached hydrogen (secondary N) is 1. The van der Waals surface area contributed by atoms with Crippen LogP contribution in [0.15, 0.2) is 6.20 Å². The van der Waals surface area contributed by atoms with Crippen LogP contribution in [-0.2, 0) is 23.0 Å². The molecule has 1 aromatic heterocycles. The van der Waals surface area contributed by atoms with Gasteiger partial charge < -0.3 is 10.1 Å². The second kappa shape index (κ2) is 6.18. The summed E-state index contributed by atoms with van der Waals surface area (Å²) in [6, 6.07) is -0.664. The molecule has 6 heteroatoms. The highest BCUT2D eigenvalue weighted by Gasteiger charge is 2.20. The van der Waals surface area contributed by atoms with Crippen molar-refractivity contribution in [2.75, 3.05) is 6.61 Å². The molecule has 0 aliphatic rings. The van der Waals surface area contributed by atoms with Gasteiger partial charge in [-0.05, 0) is 20.3 Å². The molecule has 1 amide bonds. The summed E-state index contributed by atoms with van der Waals surface area (Å²) in [6.07, 6.45) is 2.31. The van der Waals surface area contributed by atoms with Crippen molar-refractivity contribution in [3.8, 4) is 0 Å². The Labute approximate surface area is 106 Å². The van der Waals surface area contributed by atoms with Gasteiger partial charge in [0.1, 0.15) is 6.04 Å². The Kier molecular flexibility index (Phi) is 4.88. The van der Waals surface area contributed by atoms with Crippen LogP contribution in [0.3, 0.4) is 0 Å². The van der Waals surface area contributed by atoms with E-state index in [9.17, 15) is 9.59 Å². The Morgan fingerprint density at radius 2 is 2.17 bits per heavy atom. The van der Waals surface area contributed by atoms with Crippen LogP contribution in [0.1, 0.15) is 36.8 Å². The van der Waals surface area contributed by atoms with E-state index in [1.807, 2.05) is 6.92 Å². The monoisotopic (exact) mass is 253 g/mol. The zero-order valence-corrected chi connectivity index (χ0v) is 11.2. The van der Waals surface area contributed by atoms with Crippen LogP contribution in [0.2, 0.25) is 0 Å². The first-order valence-electron chi connectivity index (χ1n) is 5.99. The van der Waals surface area contributed by atoms with Crippen molar-refractivity contribution in [2.45, 2.75) is 33.2 Å². The summed E-state index contributed by atoms with van der Waals surface area (Å²) in [5.74, 6) is -0.742. The first-order valence-corrected chi connectivity index (χ1v) is 5.99. The van der Waals surface area contributed by atoms with E-state index in [2.05, 4.69) is 10.4 Å². The fraction of sp³-hybridized carbons (Fsp3) is 0.583. The predicted octanol–water partition coefficient (Wildman–Crippen LogP) is 0.664. The van der Waals surface area contributed by atoms with E-state index >= 15 is 0 Å². The average molecular weight is 253 g/mol. The van der Waals surface area contributed by atoms with Crippen LogP contribution in [0, 0.1) is 0 Å². The number of hydrogen-bond acceptors (Lipinski definition) is 4. The minimum atomic E-state index is -0.664. The van der Waals surface area contributed by atoms with Crippen LogP contribution in [0.25, 0.3) is 0 Å². The third-order valence-electron chi connectivity index (χ3n) is 2.47. The number of aryl methyl sites for hydroxylation is 2. The maximum absolute atomic E-state index is 12.0. The topological polar surface area (TPSA) is 73.2 Å². The number of carbonyl (C=O) groups excluding carboxylic acids is 2. The van der Waals surface area contributed by atoms with Gasteiger partial charge in [-0.15, -0.1) is 0 Å². The maximum atomic E-state index is 12.0. The fourth-order valence-electron chi connectivity index (χ4n) is 1.59. The van der Waals surface area contributed by atoms with Crippen LogP contribution >= 0.6 is 0 Å². The number of amides is 1. The van der Waals surface area contributed by atoms with Gasteiger partial charge >= 0.3 is 5.97 Å². The lowest BCUT2D eigenvalue weighted by molar-refractivity contribution is -0.144. The molecule has 1 unspecified atom stereocenters. The number of aromatic nitrogens is 2. The Morgan fingerprint density at radius 1 is 1.50 bits per heavy atom. The van der Waals surface area contributed by atoms with Gasteiger partial charge in [0.15, 0.2) is 0 Å². The molecule has 0 spiro atoms. The fourth-order valence-corrected chi connectivity index (χ4v) is 1.59. The summed E-state index contributed by atoms with van der Waals surface area (Å²) in [4.78, 5) is 23.4. The van der Waals surface area contributed by atoms with Crippen LogP contribution in [0.5, 0.6) is 0 Å². The number of hydrogen-bond donors (Lipinski definition) is 1. The van der Waals surface area contributed by atoms with E-state index in [0.29, 0.717) is 24.3 Å². The normalized spacial score (nSPS) is 12.0. The minimum Gasteiger partial charge on any atom is -0.464 e. The molecule has 0 saturated heterocycles. The zero-order chi connectivity index (χ0) is 13.7. The molecule has 1 atom stereocenters. The summed E-state index contributed by atoms with van der Waals surface area (Å²) in [5.41, 5.74) is 1.21. The molecular formula is C12H19N3O3. The summed E-state index contributed by atoms with van der Waals surface area (Å²) in [6.45, 7) is 5.54. The van der Waals surface area contributed by atoms with E-state index < -0.39 is 12.0 Å². The van der Waals surface area contributed by atoms with Gasteiger partial charge in [0.25, 0.3) is 5.91 Å². The molecular weight excluding hydrogens is 234 g/mol. The molecule has 0 bridgehead atoms. The van der Waals surface area contributed by atoms with Gasteiger partial charge in [0, 0.05) is 13.2 Å². The Morgan fingerprint density at radius 3 is 2.72 bits per heavy atom. The summed E-state index contributed by atoms with van der Waals surface area (Å²) in [7, 11) is 1.75. The molecule has 0 aliphatic heterocycles. The smallest absolute Gasteiger partial charge is 0.328 e. The van der Waals surface area contributed by atoms with Crippen molar-refractivity contribution in [3.05, 3.63) is 17.5 Å². The van der Waals surface area contributed by atoms with Gasteiger partial charge in [0.2, 0.25) is 0 Å². The highest BCUT2D eigenvalue weighted by molar-refractivity contribution is 5.97. The minimum absolute atomic E-state index is 0.298. The molecule has 1 heterocycles. The molecule has 0 radical (unpaired) electrons. The quantitative estimate of drug-likeness (QED) is 0.782. The summed E-state index contributed by atoms with van der Waals surface area (Å²) in [5, 5.41) is 6.78. The standard InChI is InChI=1S/C12H19N3O3/c1-5-10-9(7-15(4)14-10)11(16)13-8(3)12(17)18-6-2/h7-8H,5-6H2,1-4H3,(H,13,16). The number of rotatable bonds is 5. The Hall–Kier alpha value is -1.85.